The maximum atomic E-state index is 13.9. The Morgan fingerprint density at radius 2 is 0.667 bits per heavy atom. The van der Waals surface area contributed by atoms with Crippen molar-refractivity contribution in [2.75, 3.05) is 32.2 Å². The van der Waals surface area contributed by atoms with E-state index in [9.17, 15) is 16.8 Å². The van der Waals surface area contributed by atoms with Gasteiger partial charge < -0.3 is 21.3 Å². The van der Waals surface area contributed by atoms with Gasteiger partial charge in [-0.3, -0.25) is 0 Å². The van der Waals surface area contributed by atoms with Crippen molar-refractivity contribution < 1.29 is 25.4 Å². The van der Waals surface area contributed by atoms with Crippen LogP contribution < -0.4 is 32.2 Å². The molecule has 0 saturated carbocycles. The first-order chi connectivity index (χ1) is 35.1. The van der Waals surface area contributed by atoms with Gasteiger partial charge in [0.1, 0.15) is 9.79 Å². The number of fused-ring (bicyclic) bond motifs is 2. The lowest BCUT2D eigenvalue weighted by atomic mass is 10.1. The lowest BCUT2D eigenvalue weighted by Gasteiger charge is -2.13. The maximum absolute atomic E-state index is 13.9. The maximum Gasteiger partial charge on any atom is 0.318 e. The van der Waals surface area contributed by atoms with Gasteiger partial charge in [-0.2, -0.15) is 46.7 Å². The van der Waals surface area contributed by atoms with Crippen molar-refractivity contribution in [1.82, 2.24) is 29.9 Å². The van der Waals surface area contributed by atoms with Gasteiger partial charge in [-0.25, -0.2) is 11.0 Å². The van der Waals surface area contributed by atoms with E-state index in [-0.39, 0.29) is 56.6 Å². The summed E-state index contributed by atoms with van der Waals surface area (Å²) >= 11 is 0. The Bertz CT molecular complexity index is 3580. The molecule has 0 unspecified atom stereocenters. The van der Waals surface area contributed by atoms with E-state index in [1.54, 1.807) is 12.1 Å². The zero-order valence-electron chi connectivity index (χ0n) is 37.6. The fourth-order valence-corrected chi connectivity index (χ4v) is 9.31. The molecule has 2 aromatic heterocycles. The molecule has 0 spiro atoms. The van der Waals surface area contributed by atoms with Gasteiger partial charge >= 0.3 is 20.2 Å². The SMILES string of the molecule is O=S(=O)(ONc1nc(Nc2ccccc2)nc(Nc2cccc3ccccc23)n1)c1ccccc1C=Cc1ccccc1S(=O)(=O)ONc1nc(Nc2ccccc2)nc(Nc2cccc3ccccc23)n1. The van der Waals surface area contributed by atoms with Gasteiger partial charge in [0.15, 0.2) is 0 Å². The molecule has 0 fully saturated rings. The van der Waals surface area contributed by atoms with Crippen LogP contribution in [0.4, 0.5) is 58.4 Å². The van der Waals surface area contributed by atoms with E-state index in [4.69, 9.17) is 8.57 Å². The first-order valence-corrected chi connectivity index (χ1v) is 24.8. The first kappa shape index (κ1) is 46.4. The molecule has 20 heteroatoms. The molecule has 0 aliphatic heterocycles. The molecule has 72 heavy (non-hydrogen) atoms. The molecule has 2 heterocycles. The van der Waals surface area contributed by atoms with Crippen LogP contribution in [0.15, 0.2) is 204 Å². The molecule has 0 saturated heterocycles. The van der Waals surface area contributed by atoms with Crippen LogP contribution in [0.2, 0.25) is 0 Å². The smallest absolute Gasteiger partial charge is 0.318 e. The van der Waals surface area contributed by atoms with Gasteiger partial charge in [-0.05, 0) is 70.4 Å². The minimum absolute atomic E-state index is 0.0929. The van der Waals surface area contributed by atoms with Crippen molar-refractivity contribution >= 4 is 112 Å². The van der Waals surface area contributed by atoms with E-state index >= 15 is 0 Å². The first-order valence-electron chi connectivity index (χ1n) is 22.0. The Hall–Kier alpha value is -9.34. The summed E-state index contributed by atoms with van der Waals surface area (Å²) in [7, 11) is -9.18. The van der Waals surface area contributed by atoms with E-state index in [0.717, 1.165) is 21.5 Å². The highest BCUT2D eigenvalue weighted by Crippen LogP contribution is 2.30. The Kier molecular flexibility index (Phi) is 13.3. The zero-order chi connectivity index (χ0) is 49.3. The number of benzene rings is 8. The molecule has 0 amide bonds. The minimum atomic E-state index is -4.59. The lowest BCUT2D eigenvalue weighted by Crippen LogP contribution is -2.16. The number of nitrogens with one attached hydrogen (secondary N) is 6. The van der Waals surface area contributed by atoms with Crippen molar-refractivity contribution in [2.24, 2.45) is 0 Å². The Labute approximate surface area is 413 Å². The minimum Gasteiger partial charge on any atom is -0.324 e. The summed E-state index contributed by atoms with van der Waals surface area (Å²) in [6.07, 6.45) is 2.88. The van der Waals surface area contributed by atoms with Crippen molar-refractivity contribution in [3.05, 3.63) is 205 Å². The number of hydrogen-bond donors (Lipinski definition) is 6. The highest BCUT2D eigenvalue weighted by atomic mass is 32.2. The van der Waals surface area contributed by atoms with E-state index in [2.05, 4.69) is 62.1 Å². The van der Waals surface area contributed by atoms with Gasteiger partial charge in [-0.15, -0.1) is 8.57 Å². The number of aromatic nitrogens is 6. The highest BCUT2D eigenvalue weighted by molar-refractivity contribution is 7.87. The summed E-state index contributed by atoms with van der Waals surface area (Å²) in [5.74, 6) is -0.0830. The molecule has 0 aliphatic rings. The number of anilines is 10. The molecule has 10 aromatic rings. The van der Waals surface area contributed by atoms with E-state index < -0.39 is 20.2 Å². The second kappa shape index (κ2) is 20.7. The van der Waals surface area contributed by atoms with Crippen LogP contribution in [0.1, 0.15) is 11.1 Å². The molecule has 0 bridgehead atoms. The molecular formula is C52H40N12O6S2. The number of para-hydroxylation sites is 2. The molecular weight excluding hydrogens is 953 g/mol. The van der Waals surface area contributed by atoms with E-state index in [1.807, 2.05) is 146 Å². The molecule has 6 N–H and O–H groups in total. The zero-order valence-corrected chi connectivity index (χ0v) is 39.2. The summed E-state index contributed by atoms with van der Waals surface area (Å²) in [4.78, 5) is 26.1. The average Bonchev–Trinajstić information content (AvgIpc) is 3.40. The molecule has 356 valence electrons. The second-order valence-electron chi connectivity index (χ2n) is 15.6. The van der Waals surface area contributed by atoms with Crippen LogP contribution in [-0.2, 0) is 28.8 Å². The predicted octanol–water partition coefficient (Wildman–Crippen LogP) is 11.0. The van der Waals surface area contributed by atoms with Crippen LogP contribution in [0.25, 0.3) is 33.7 Å². The summed E-state index contributed by atoms with van der Waals surface area (Å²) in [6.45, 7) is 0. The molecule has 10 rings (SSSR count). The van der Waals surface area contributed by atoms with Crippen LogP contribution in [0.3, 0.4) is 0 Å². The summed E-state index contributed by atoms with van der Waals surface area (Å²) in [5.41, 5.74) is 7.86. The van der Waals surface area contributed by atoms with Crippen LogP contribution in [0.5, 0.6) is 0 Å². The van der Waals surface area contributed by atoms with Gasteiger partial charge in [0.05, 0.1) is 0 Å². The Morgan fingerprint density at radius 3 is 1.10 bits per heavy atom. The van der Waals surface area contributed by atoms with Gasteiger partial charge in [-0.1, -0.05) is 158 Å². The average molecular weight is 993 g/mol. The van der Waals surface area contributed by atoms with Crippen molar-refractivity contribution in [3.8, 4) is 0 Å². The highest BCUT2D eigenvalue weighted by Gasteiger charge is 2.23. The number of hydrogen-bond acceptors (Lipinski definition) is 18. The second-order valence-corrected chi connectivity index (χ2v) is 18.6. The predicted molar refractivity (Wildman–Crippen MR) is 279 cm³/mol. The largest absolute Gasteiger partial charge is 0.324 e. The topological polar surface area (TPSA) is 236 Å². The Balaban J connectivity index is 0.877. The Morgan fingerprint density at radius 1 is 0.333 bits per heavy atom. The number of nitrogens with zero attached hydrogens (tertiary/aromatic N) is 6. The summed E-state index contributed by atoms with van der Waals surface area (Å²) in [5, 5.41) is 16.4. The summed E-state index contributed by atoms with van der Waals surface area (Å²) in [6, 6.07) is 57.4. The lowest BCUT2D eigenvalue weighted by molar-refractivity contribution is 0.385. The molecule has 0 atom stereocenters. The van der Waals surface area contributed by atoms with Crippen molar-refractivity contribution in [2.45, 2.75) is 9.79 Å². The van der Waals surface area contributed by atoms with Crippen LogP contribution >= 0.6 is 0 Å². The number of rotatable bonds is 18. The fourth-order valence-electron chi connectivity index (χ4n) is 7.42. The molecule has 8 aromatic carbocycles. The van der Waals surface area contributed by atoms with Crippen molar-refractivity contribution in [3.63, 3.8) is 0 Å². The standard InChI is InChI=1S/C52H40N12O6S2/c65-71(66,69-63-51-59-47(53-39-23-3-1-4-24-39)57-49(61-51)55-43-29-15-21-35-17-7-11-27-41(35)43)45-31-13-9-19-37(45)33-34-38-20-10-14-32-46(38)72(67,68)70-64-52-60-48(54-40-25-5-2-6-26-40)58-50(62-52)56-44-30-16-22-36-18-8-12-28-42(36)44/h1-34H,(H3,53,55,57,59,61,63)(H3,54,56,58,60,62,64). The normalized spacial score (nSPS) is 11.6. The van der Waals surface area contributed by atoms with Gasteiger partial charge in [0.25, 0.3) is 11.9 Å². The summed E-state index contributed by atoms with van der Waals surface area (Å²) < 4.78 is 66.4. The molecule has 18 nitrogen and oxygen atoms in total. The van der Waals surface area contributed by atoms with Crippen LogP contribution in [0, 0.1) is 0 Å². The van der Waals surface area contributed by atoms with Crippen molar-refractivity contribution in [1.29, 1.82) is 0 Å². The quantitative estimate of drug-likeness (QED) is 0.0346. The molecule has 0 aliphatic carbocycles. The third-order valence-electron chi connectivity index (χ3n) is 10.7. The van der Waals surface area contributed by atoms with E-state index in [1.165, 1.54) is 48.6 Å². The fraction of sp³-hybridized carbons (Fsp3) is 0. The third-order valence-corrected chi connectivity index (χ3v) is 13.1. The van der Waals surface area contributed by atoms with Crippen LogP contribution in [-0.4, -0.2) is 46.7 Å². The van der Waals surface area contributed by atoms with E-state index in [0.29, 0.717) is 22.7 Å². The third kappa shape index (κ3) is 11.1. The monoisotopic (exact) mass is 992 g/mol. The van der Waals surface area contributed by atoms with Gasteiger partial charge in [0, 0.05) is 33.5 Å². The molecule has 0 radical (unpaired) electrons. The van der Waals surface area contributed by atoms with Gasteiger partial charge in [0.2, 0.25) is 23.8 Å².